The average molecular weight is 449 g/mol. The molecule has 0 saturated carbocycles. The van der Waals surface area contributed by atoms with Crippen LogP contribution in [0, 0.1) is 0 Å². The summed E-state index contributed by atoms with van der Waals surface area (Å²) in [6, 6.07) is 17.1. The van der Waals surface area contributed by atoms with Crippen LogP contribution >= 0.6 is 0 Å². The minimum absolute atomic E-state index is 0.186. The molecule has 7 nitrogen and oxygen atoms in total. The molecule has 0 aliphatic carbocycles. The van der Waals surface area contributed by atoms with Crippen molar-refractivity contribution in [3.05, 3.63) is 66.4 Å². The molecule has 2 heterocycles. The van der Waals surface area contributed by atoms with Crippen LogP contribution in [-0.4, -0.2) is 45.2 Å². The van der Waals surface area contributed by atoms with Crippen LogP contribution < -0.4 is 15.0 Å². The number of anilines is 2. The van der Waals surface area contributed by atoms with Gasteiger partial charge in [-0.2, -0.15) is 5.10 Å². The van der Waals surface area contributed by atoms with Crippen LogP contribution in [0.2, 0.25) is 0 Å². The molecule has 0 fully saturated rings. The van der Waals surface area contributed by atoms with Crippen LogP contribution in [0.5, 0.6) is 5.75 Å². The van der Waals surface area contributed by atoms with Crippen molar-refractivity contribution in [3.63, 3.8) is 0 Å². The number of ether oxygens (including phenoxy) is 1. The highest BCUT2D eigenvalue weighted by molar-refractivity contribution is 7.92. The molecule has 164 valence electrons. The van der Waals surface area contributed by atoms with Gasteiger partial charge in [-0.05, 0) is 59.2 Å². The lowest BCUT2D eigenvalue weighted by Crippen LogP contribution is -2.27. The number of fused-ring (bicyclic) bond motifs is 2. The second kappa shape index (κ2) is 7.56. The standard InChI is InChI=1S/C24H24N4O3S/c1-28(2)19-6-8-20-17(11-19)13-24(26-20)32(29,30)23-9-5-16(12-22(23)31-3)15-4-7-21-18(10-15)14-25-27-21/h4-12,14,24,26H,13H2,1-3H3,(H,25,27). The number of benzene rings is 3. The van der Waals surface area contributed by atoms with Gasteiger partial charge in [0.2, 0.25) is 9.84 Å². The van der Waals surface area contributed by atoms with Crippen molar-refractivity contribution in [3.8, 4) is 16.9 Å². The van der Waals surface area contributed by atoms with Crippen LogP contribution in [-0.2, 0) is 16.3 Å². The number of aromatic nitrogens is 2. The minimum atomic E-state index is -3.67. The second-order valence-electron chi connectivity index (χ2n) is 8.16. The van der Waals surface area contributed by atoms with Crippen LogP contribution in [0.3, 0.4) is 0 Å². The highest BCUT2D eigenvalue weighted by Crippen LogP contribution is 2.37. The van der Waals surface area contributed by atoms with Gasteiger partial charge in [0, 0.05) is 37.3 Å². The lowest BCUT2D eigenvalue weighted by molar-refractivity contribution is 0.402. The maximum absolute atomic E-state index is 13.5. The lowest BCUT2D eigenvalue weighted by Gasteiger charge is -2.16. The number of nitrogens with zero attached hydrogens (tertiary/aromatic N) is 2. The Hall–Kier alpha value is -3.52. The van der Waals surface area contributed by atoms with Gasteiger partial charge in [-0.1, -0.05) is 12.1 Å². The maximum Gasteiger partial charge on any atom is 0.203 e. The summed E-state index contributed by atoms with van der Waals surface area (Å²) in [5.41, 5.74) is 5.68. The van der Waals surface area contributed by atoms with Crippen LogP contribution in [0.25, 0.3) is 22.0 Å². The van der Waals surface area contributed by atoms with Gasteiger partial charge < -0.3 is 15.0 Å². The number of nitrogens with one attached hydrogen (secondary N) is 2. The summed E-state index contributed by atoms with van der Waals surface area (Å²) >= 11 is 0. The van der Waals surface area contributed by atoms with Crippen molar-refractivity contribution in [2.75, 3.05) is 31.4 Å². The van der Waals surface area contributed by atoms with Crippen molar-refractivity contribution in [1.29, 1.82) is 0 Å². The molecule has 2 N–H and O–H groups in total. The zero-order valence-corrected chi connectivity index (χ0v) is 18.9. The quantitative estimate of drug-likeness (QED) is 0.479. The van der Waals surface area contributed by atoms with Gasteiger partial charge in [0.05, 0.1) is 18.8 Å². The van der Waals surface area contributed by atoms with Gasteiger partial charge >= 0.3 is 0 Å². The van der Waals surface area contributed by atoms with E-state index < -0.39 is 15.2 Å². The molecule has 32 heavy (non-hydrogen) atoms. The predicted octanol–water partition coefficient (Wildman–Crippen LogP) is 4.07. The molecule has 5 rings (SSSR count). The third-order valence-corrected chi connectivity index (χ3v) is 7.93. The number of rotatable bonds is 5. The average Bonchev–Trinajstić information content (AvgIpc) is 3.44. The van der Waals surface area contributed by atoms with E-state index in [0.29, 0.717) is 12.2 Å². The molecule has 4 aromatic rings. The number of sulfone groups is 1. The van der Waals surface area contributed by atoms with Gasteiger partial charge in [-0.3, -0.25) is 5.10 Å². The highest BCUT2D eigenvalue weighted by atomic mass is 32.2. The topological polar surface area (TPSA) is 87.3 Å². The van der Waals surface area contributed by atoms with Crippen LogP contribution in [0.1, 0.15) is 5.56 Å². The molecule has 0 amide bonds. The van der Waals surface area contributed by atoms with Gasteiger partial charge in [0.25, 0.3) is 0 Å². The van der Waals surface area contributed by atoms with E-state index in [1.54, 1.807) is 18.3 Å². The number of aromatic amines is 1. The zero-order chi connectivity index (χ0) is 22.5. The monoisotopic (exact) mass is 448 g/mol. The smallest absolute Gasteiger partial charge is 0.203 e. The number of methoxy groups -OCH3 is 1. The van der Waals surface area contributed by atoms with Crippen LogP contribution in [0.15, 0.2) is 65.7 Å². The predicted molar refractivity (Wildman–Crippen MR) is 127 cm³/mol. The Morgan fingerprint density at radius 2 is 1.81 bits per heavy atom. The molecular formula is C24H24N4O3S. The van der Waals surface area contributed by atoms with E-state index in [4.69, 9.17) is 4.74 Å². The fraction of sp³-hybridized carbons (Fsp3) is 0.208. The first-order chi connectivity index (χ1) is 15.4. The molecule has 0 bridgehead atoms. The van der Waals surface area contributed by atoms with E-state index in [1.807, 2.05) is 61.5 Å². The molecular weight excluding hydrogens is 424 g/mol. The second-order valence-corrected chi connectivity index (χ2v) is 10.3. The molecule has 0 saturated heterocycles. The Kier molecular flexibility index (Phi) is 4.82. The fourth-order valence-electron chi connectivity index (χ4n) is 4.14. The van der Waals surface area contributed by atoms with Crippen molar-refractivity contribution in [2.24, 2.45) is 0 Å². The summed E-state index contributed by atoms with van der Waals surface area (Å²) in [6.45, 7) is 0. The van der Waals surface area contributed by atoms with Crippen molar-refractivity contribution < 1.29 is 13.2 Å². The minimum Gasteiger partial charge on any atom is -0.495 e. The fourth-order valence-corrected chi connectivity index (χ4v) is 5.81. The van der Waals surface area contributed by atoms with E-state index in [0.717, 1.165) is 39.0 Å². The van der Waals surface area contributed by atoms with E-state index in [1.165, 1.54) is 7.11 Å². The number of hydrogen-bond acceptors (Lipinski definition) is 6. The largest absolute Gasteiger partial charge is 0.495 e. The zero-order valence-electron chi connectivity index (χ0n) is 18.1. The number of hydrogen-bond donors (Lipinski definition) is 2. The van der Waals surface area contributed by atoms with Crippen molar-refractivity contribution >= 4 is 32.1 Å². The number of H-pyrrole nitrogens is 1. The van der Waals surface area contributed by atoms with Crippen molar-refractivity contribution in [1.82, 2.24) is 10.2 Å². The molecule has 8 heteroatoms. The summed E-state index contributed by atoms with van der Waals surface area (Å²) in [5.74, 6) is 0.335. The van der Waals surface area contributed by atoms with E-state index >= 15 is 0 Å². The highest BCUT2D eigenvalue weighted by Gasteiger charge is 2.35. The van der Waals surface area contributed by atoms with Gasteiger partial charge in [0.1, 0.15) is 16.0 Å². The third kappa shape index (κ3) is 3.36. The van der Waals surface area contributed by atoms with E-state index in [2.05, 4.69) is 15.5 Å². The first-order valence-electron chi connectivity index (χ1n) is 10.3. The maximum atomic E-state index is 13.5. The van der Waals surface area contributed by atoms with E-state index in [-0.39, 0.29) is 4.90 Å². The molecule has 1 aromatic heterocycles. The Morgan fingerprint density at radius 3 is 2.59 bits per heavy atom. The summed E-state index contributed by atoms with van der Waals surface area (Å²) in [7, 11) is 1.76. The summed E-state index contributed by atoms with van der Waals surface area (Å²) < 4.78 is 32.6. The summed E-state index contributed by atoms with van der Waals surface area (Å²) in [5, 5.41) is 10.4. The first kappa shape index (κ1) is 20.4. The van der Waals surface area contributed by atoms with Crippen molar-refractivity contribution in [2.45, 2.75) is 16.7 Å². The third-order valence-electron chi connectivity index (χ3n) is 5.95. The van der Waals surface area contributed by atoms with Gasteiger partial charge in [-0.25, -0.2) is 8.42 Å². The molecule has 0 radical (unpaired) electrons. The molecule has 1 atom stereocenters. The lowest BCUT2D eigenvalue weighted by atomic mass is 10.0. The Balaban J connectivity index is 1.48. The first-order valence-corrected chi connectivity index (χ1v) is 11.8. The van der Waals surface area contributed by atoms with Gasteiger partial charge in [-0.15, -0.1) is 0 Å². The normalized spacial score (nSPS) is 15.4. The Bertz CT molecular complexity index is 1430. The Morgan fingerprint density at radius 1 is 1.03 bits per heavy atom. The van der Waals surface area contributed by atoms with Crippen LogP contribution in [0.4, 0.5) is 11.4 Å². The molecule has 0 spiro atoms. The SMILES string of the molecule is COc1cc(-c2ccc3[nH]ncc3c2)ccc1S(=O)(=O)C1Cc2cc(N(C)C)ccc2N1. The molecule has 3 aromatic carbocycles. The van der Waals surface area contributed by atoms with E-state index in [9.17, 15) is 8.42 Å². The Labute approximate surface area is 186 Å². The molecule has 1 aliphatic rings. The summed E-state index contributed by atoms with van der Waals surface area (Å²) in [4.78, 5) is 2.19. The molecule has 1 unspecified atom stereocenters. The molecule has 1 aliphatic heterocycles. The summed E-state index contributed by atoms with van der Waals surface area (Å²) in [6.07, 6.45) is 2.17. The van der Waals surface area contributed by atoms with Gasteiger partial charge in [0.15, 0.2) is 0 Å².